The first-order valence-corrected chi connectivity index (χ1v) is 21.5. The van der Waals surface area contributed by atoms with Crippen LogP contribution in [0.2, 0.25) is 0 Å². The molecular weight excluding hydrogens is 843 g/mol. The second-order valence-corrected chi connectivity index (χ2v) is 17.5. The summed E-state index contributed by atoms with van der Waals surface area (Å²) in [6.45, 7) is 13.7. The summed E-state index contributed by atoms with van der Waals surface area (Å²) in [6, 6.07) is 13.0. The lowest BCUT2D eigenvalue weighted by atomic mass is 9.88. The molecule has 0 radical (unpaired) electrons. The van der Waals surface area contributed by atoms with Crippen LogP contribution in [-0.4, -0.2) is 72.1 Å². The Hall–Kier alpha value is -4.24. The second kappa shape index (κ2) is 24.3. The van der Waals surface area contributed by atoms with Crippen molar-refractivity contribution in [2.45, 2.75) is 167 Å². The molecule has 2 rings (SSSR count). The summed E-state index contributed by atoms with van der Waals surface area (Å²) < 4.78 is 108. The van der Waals surface area contributed by atoms with Crippen molar-refractivity contribution >= 4 is 11.9 Å². The van der Waals surface area contributed by atoms with E-state index in [1.165, 1.54) is 57.2 Å². The van der Waals surface area contributed by atoms with Gasteiger partial charge in [-0.3, -0.25) is 0 Å². The fraction of sp³-hybridized carbons (Fsp3) is 0.560. The van der Waals surface area contributed by atoms with Crippen molar-refractivity contribution in [1.82, 2.24) is 0 Å². The Balaban J connectivity index is 2.07. The van der Waals surface area contributed by atoms with Gasteiger partial charge in [-0.1, -0.05) is 107 Å². The van der Waals surface area contributed by atoms with Crippen LogP contribution in [-0.2, 0) is 39.7 Å². The van der Waals surface area contributed by atoms with E-state index in [0.29, 0.717) is 38.5 Å². The number of carbonyl (C=O) groups is 2. The lowest BCUT2D eigenvalue weighted by Gasteiger charge is -2.37. The van der Waals surface area contributed by atoms with Crippen LogP contribution in [0.3, 0.4) is 0 Å². The van der Waals surface area contributed by atoms with Crippen LogP contribution in [0.5, 0.6) is 0 Å². The second-order valence-electron chi connectivity index (χ2n) is 17.5. The monoisotopic (exact) mass is 910 g/mol. The number of esters is 2. The minimum absolute atomic E-state index is 0.0658. The number of carbonyl (C=O) groups excluding carboxylic acids is 2. The molecule has 64 heavy (non-hydrogen) atoms. The molecule has 0 aromatic heterocycles. The van der Waals surface area contributed by atoms with E-state index in [1.807, 2.05) is 52.8 Å². The van der Waals surface area contributed by atoms with E-state index in [2.05, 4.69) is 6.08 Å². The number of methoxy groups -OCH3 is 2. The molecule has 0 saturated heterocycles. The predicted molar refractivity (Wildman–Crippen MR) is 236 cm³/mol. The topological polar surface area (TPSA) is 112 Å². The number of rotatable bonds is 25. The average Bonchev–Trinajstić information content (AvgIpc) is 3.19. The fourth-order valence-corrected chi connectivity index (χ4v) is 7.30. The van der Waals surface area contributed by atoms with Crippen molar-refractivity contribution in [2.75, 3.05) is 14.2 Å². The molecule has 0 aliphatic carbocycles. The molecule has 0 spiro atoms. The average molecular weight is 911 g/mol. The molecule has 0 amide bonds. The molecule has 8 nitrogen and oxygen atoms in total. The molecule has 0 saturated carbocycles. The summed E-state index contributed by atoms with van der Waals surface area (Å²) in [5.74, 6) is -3.32. The number of benzene rings is 2. The molecule has 0 aliphatic heterocycles. The standard InChI is InChI=1S/C50H68F6O8/c1-35(2)21-20-34-46(8,60)42(64-44(58)48(62-10,50(54,55)56)40-28-15-12-16-29-40)33-31-37(4)23-18-17-22-36(3)24-19-25-38(5)30-32-41(45(6,7)59)63-43(57)47(61-9,49(51,52)53)39-26-13-11-14-27-39/h11-16,21-23,25-29,41-42,59-60H,17-20,24,30-34H2,1-10H3/b36-22+,37-23+,38-25+/t41-,42+,46-,47-,48-/m1/s1. The quantitative estimate of drug-likeness (QED) is 0.0438. The van der Waals surface area contributed by atoms with E-state index in [9.17, 15) is 46.1 Å². The molecule has 0 unspecified atom stereocenters. The Morgan fingerprint density at radius 2 is 0.938 bits per heavy atom. The van der Waals surface area contributed by atoms with Gasteiger partial charge in [-0.25, -0.2) is 9.59 Å². The van der Waals surface area contributed by atoms with Gasteiger partial charge < -0.3 is 29.2 Å². The number of unbranched alkanes of at least 4 members (excludes halogenated alkanes) is 1. The maximum Gasteiger partial charge on any atom is 0.432 e. The highest BCUT2D eigenvalue weighted by Gasteiger charge is 2.65. The molecule has 0 heterocycles. The predicted octanol–water partition coefficient (Wildman–Crippen LogP) is 12.2. The zero-order chi connectivity index (χ0) is 48.6. The first-order chi connectivity index (χ1) is 29.7. The van der Waals surface area contributed by atoms with E-state index in [4.69, 9.17) is 18.9 Å². The maximum absolute atomic E-state index is 14.7. The summed E-state index contributed by atoms with van der Waals surface area (Å²) in [4.78, 5) is 26.8. The van der Waals surface area contributed by atoms with Crippen LogP contribution in [0.25, 0.3) is 0 Å². The van der Waals surface area contributed by atoms with Crippen LogP contribution in [0.1, 0.15) is 131 Å². The lowest BCUT2D eigenvalue weighted by molar-refractivity contribution is -0.281. The molecule has 5 atom stereocenters. The highest BCUT2D eigenvalue weighted by atomic mass is 19.4. The number of aliphatic hydroxyl groups is 2. The normalized spacial score (nSPS) is 17.1. The summed E-state index contributed by atoms with van der Waals surface area (Å²) >= 11 is 0. The first-order valence-electron chi connectivity index (χ1n) is 21.5. The summed E-state index contributed by atoms with van der Waals surface area (Å²) in [5.41, 5.74) is -7.03. The van der Waals surface area contributed by atoms with E-state index >= 15 is 0 Å². The van der Waals surface area contributed by atoms with Gasteiger partial charge in [-0.15, -0.1) is 0 Å². The Kier molecular flexibility index (Phi) is 21.2. The first kappa shape index (κ1) is 55.9. The molecule has 0 aliphatic rings. The summed E-state index contributed by atoms with van der Waals surface area (Å²) in [7, 11) is 1.59. The molecule has 2 aromatic rings. The highest BCUT2D eigenvalue weighted by molar-refractivity contribution is 5.83. The number of hydrogen-bond acceptors (Lipinski definition) is 8. The van der Waals surface area contributed by atoms with E-state index < -0.39 is 70.0 Å². The van der Waals surface area contributed by atoms with E-state index in [0.717, 1.165) is 67.2 Å². The van der Waals surface area contributed by atoms with Crippen molar-refractivity contribution < 1.29 is 65.1 Å². The van der Waals surface area contributed by atoms with Crippen LogP contribution >= 0.6 is 0 Å². The van der Waals surface area contributed by atoms with Crippen molar-refractivity contribution in [3.05, 3.63) is 118 Å². The van der Waals surface area contributed by atoms with Gasteiger partial charge in [-0.2, -0.15) is 26.3 Å². The smallest absolute Gasteiger partial charge is 0.432 e. The van der Waals surface area contributed by atoms with Crippen LogP contribution in [0, 0.1) is 0 Å². The number of hydrogen-bond donors (Lipinski definition) is 2. The van der Waals surface area contributed by atoms with Crippen molar-refractivity contribution in [1.29, 1.82) is 0 Å². The lowest BCUT2D eigenvalue weighted by Crippen LogP contribution is -2.54. The van der Waals surface area contributed by atoms with Crippen LogP contribution < -0.4 is 0 Å². The third-order valence-corrected chi connectivity index (χ3v) is 11.3. The zero-order valence-corrected chi connectivity index (χ0v) is 38.9. The van der Waals surface area contributed by atoms with Gasteiger partial charge in [0.15, 0.2) is 0 Å². The van der Waals surface area contributed by atoms with Gasteiger partial charge >= 0.3 is 24.3 Å². The minimum atomic E-state index is -5.16. The molecular formula is C50H68F6O8. The van der Waals surface area contributed by atoms with Gasteiger partial charge in [0.25, 0.3) is 11.2 Å². The van der Waals surface area contributed by atoms with Gasteiger partial charge in [0.1, 0.15) is 12.2 Å². The molecule has 0 fully saturated rings. The number of alkyl halides is 6. The van der Waals surface area contributed by atoms with E-state index in [1.54, 1.807) is 0 Å². The van der Waals surface area contributed by atoms with Crippen LogP contribution in [0.15, 0.2) is 107 Å². The molecule has 14 heteroatoms. The Bertz CT molecular complexity index is 1890. The van der Waals surface area contributed by atoms with E-state index in [-0.39, 0.29) is 19.3 Å². The molecule has 2 aromatic carbocycles. The molecule has 358 valence electrons. The van der Waals surface area contributed by atoms with Gasteiger partial charge in [0.2, 0.25) is 0 Å². The molecule has 0 bridgehead atoms. The Morgan fingerprint density at radius 3 is 1.31 bits per heavy atom. The highest BCUT2D eigenvalue weighted by Crippen LogP contribution is 2.45. The SMILES string of the molecule is CO[C@@](C(=O)O[C@@H](CC/C(C)=C/CC/C=C(\C)CC/C=C(\C)CC[C@@H](OC(=O)[C@](OC)(c1ccccc1)C(F)(F)F)C(C)(C)O)[C@](C)(O)CCC=C(C)C)(c1ccccc1)C(F)(F)F. The van der Waals surface area contributed by atoms with Gasteiger partial charge in [-0.05, 0) is 120 Å². The largest absolute Gasteiger partial charge is 0.457 e. The summed E-state index contributed by atoms with van der Waals surface area (Å²) in [6.07, 6.45) is -0.745. The van der Waals surface area contributed by atoms with Crippen molar-refractivity contribution in [2.24, 2.45) is 0 Å². The van der Waals surface area contributed by atoms with Crippen molar-refractivity contribution in [3.63, 3.8) is 0 Å². The van der Waals surface area contributed by atoms with Gasteiger partial charge in [0.05, 0.1) is 11.2 Å². The Morgan fingerprint density at radius 1 is 0.562 bits per heavy atom. The summed E-state index contributed by atoms with van der Waals surface area (Å²) in [5, 5.41) is 22.3. The third-order valence-electron chi connectivity index (χ3n) is 11.3. The number of ether oxygens (including phenoxy) is 4. The molecule has 2 N–H and O–H groups in total. The Labute approximate surface area is 375 Å². The van der Waals surface area contributed by atoms with Crippen molar-refractivity contribution in [3.8, 4) is 0 Å². The fourth-order valence-electron chi connectivity index (χ4n) is 7.30. The number of allylic oxidation sites excluding steroid dienone is 8. The maximum atomic E-state index is 14.7. The third kappa shape index (κ3) is 15.4. The van der Waals surface area contributed by atoms with Gasteiger partial charge in [0, 0.05) is 25.3 Å². The van der Waals surface area contributed by atoms with Crippen LogP contribution in [0.4, 0.5) is 26.3 Å². The zero-order valence-electron chi connectivity index (χ0n) is 38.9. The number of halogens is 6. The minimum Gasteiger partial charge on any atom is -0.457 e.